The van der Waals surface area contributed by atoms with Crippen molar-refractivity contribution < 1.29 is 31.5 Å². The van der Waals surface area contributed by atoms with E-state index >= 15 is 0 Å². The molecular weight excluding hydrogens is 509 g/mol. The number of nitrogens with one attached hydrogen (secondary N) is 3. The van der Waals surface area contributed by atoms with Gasteiger partial charge in [-0.25, -0.2) is 21.6 Å². The fourth-order valence-electron chi connectivity index (χ4n) is 3.97. The van der Waals surface area contributed by atoms with Crippen LogP contribution in [0.25, 0.3) is 0 Å². The molecule has 3 aromatic rings. The van der Waals surface area contributed by atoms with Crippen LogP contribution in [0, 0.1) is 24.4 Å². The van der Waals surface area contributed by atoms with Gasteiger partial charge in [0.05, 0.1) is 42.0 Å². The van der Waals surface area contributed by atoms with E-state index in [0.717, 1.165) is 18.4 Å². The summed E-state index contributed by atoms with van der Waals surface area (Å²) in [5.41, 5.74) is -0.644. The summed E-state index contributed by atoms with van der Waals surface area (Å²) in [6.07, 6.45) is 1.03. The second-order valence-electron chi connectivity index (χ2n) is 9.09. The normalized spacial score (nSPS) is 14.6. The van der Waals surface area contributed by atoms with Crippen molar-refractivity contribution in [1.29, 1.82) is 0 Å². The van der Waals surface area contributed by atoms with Crippen molar-refractivity contribution >= 4 is 38.7 Å². The Morgan fingerprint density at radius 2 is 1.73 bits per heavy atom. The van der Waals surface area contributed by atoms with Crippen LogP contribution in [0.4, 0.5) is 35.9 Å². The molecule has 0 aliphatic carbocycles. The third kappa shape index (κ3) is 6.15. The van der Waals surface area contributed by atoms with Crippen molar-refractivity contribution in [1.82, 2.24) is 4.90 Å². The van der Waals surface area contributed by atoms with Crippen LogP contribution in [-0.4, -0.2) is 55.8 Å². The fraction of sp³-hybridized carbons (Fsp3) is 0.240. The number of amides is 1. The molecule has 3 aromatic carbocycles. The second kappa shape index (κ2) is 9.94. The minimum Gasteiger partial charge on any atom is -0.384 e. The van der Waals surface area contributed by atoms with Crippen molar-refractivity contribution in [3.8, 4) is 0 Å². The third-order valence-electron chi connectivity index (χ3n) is 5.75. The minimum absolute atomic E-state index is 0.0383. The van der Waals surface area contributed by atoms with Gasteiger partial charge in [-0.1, -0.05) is 12.1 Å². The van der Waals surface area contributed by atoms with Crippen LogP contribution in [-0.2, 0) is 10.0 Å². The molecule has 0 radical (unpaired) electrons. The SMILES string of the molecule is Cc1ccc(Nc2c(C(=O)N3CC(O)(CNc4cccc(NS(C)(=O)=O)c4)C3)ccc(F)c2F)c(F)c1. The predicted octanol–water partition coefficient (Wildman–Crippen LogP) is 3.83. The highest BCUT2D eigenvalue weighted by Crippen LogP contribution is 2.32. The number of carbonyl (C=O) groups is 1. The molecule has 0 unspecified atom stereocenters. The molecule has 1 aliphatic rings. The predicted molar refractivity (Wildman–Crippen MR) is 135 cm³/mol. The van der Waals surface area contributed by atoms with Gasteiger partial charge in [0.25, 0.3) is 5.91 Å². The van der Waals surface area contributed by atoms with Crippen molar-refractivity contribution in [2.45, 2.75) is 12.5 Å². The number of halogens is 3. The Morgan fingerprint density at radius 1 is 1.03 bits per heavy atom. The zero-order chi connectivity index (χ0) is 27.0. The number of aliphatic hydroxyl groups is 1. The first-order valence-corrected chi connectivity index (χ1v) is 13.1. The largest absolute Gasteiger partial charge is 0.384 e. The van der Waals surface area contributed by atoms with Gasteiger partial charge >= 0.3 is 0 Å². The number of likely N-dealkylation sites (tertiary alicyclic amines) is 1. The highest BCUT2D eigenvalue weighted by atomic mass is 32.2. The van der Waals surface area contributed by atoms with Gasteiger partial charge < -0.3 is 20.6 Å². The topological polar surface area (TPSA) is 111 Å². The monoisotopic (exact) mass is 534 g/mol. The molecule has 12 heteroatoms. The molecule has 196 valence electrons. The van der Waals surface area contributed by atoms with E-state index in [-0.39, 0.29) is 30.9 Å². The lowest BCUT2D eigenvalue weighted by Crippen LogP contribution is -2.66. The summed E-state index contributed by atoms with van der Waals surface area (Å²) in [6.45, 7) is 1.51. The van der Waals surface area contributed by atoms with Gasteiger partial charge in [0.1, 0.15) is 11.4 Å². The number of benzene rings is 3. The van der Waals surface area contributed by atoms with Gasteiger partial charge in [0, 0.05) is 12.2 Å². The first kappa shape index (κ1) is 26.3. The first-order valence-electron chi connectivity index (χ1n) is 11.2. The smallest absolute Gasteiger partial charge is 0.256 e. The molecule has 0 atom stereocenters. The Labute approximate surface area is 212 Å². The first-order chi connectivity index (χ1) is 17.3. The van der Waals surface area contributed by atoms with Gasteiger partial charge in [-0.3, -0.25) is 9.52 Å². The fourth-order valence-corrected chi connectivity index (χ4v) is 4.53. The molecule has 1 amide bonds. The standard InChI is InChI=1S/C25H25F3N4O4S/c1-15-6-9-21(20(27)10-15)30-23-18(7-8-19(26)22(23)28)24(33)32-13-25(34,14-32)12-29-16-4-3-5-17(11-16)31-37(2,35)36/h3-11,29-31,34H,12-14H2,1-2H3. The molecule has 0 bridgehead atoms. The van der Waals surface area contributed by atoms with Gasteiger partial charge in [-0.2, -0.15) is 0 Å². The minimum atomic E-state index is -3.46. The molecule has 37 heavy (non-hydrogen) atoms. The molecule has 1 fully saturated rings. The van der Waals surface area contributed by atoms with Crippen molar-refractivity contribution in [2.24, 2.45) is 0 Å². The van der Waals surface area contributed by atoms with E-state index in [1.807, 2.05) is 0 Å². The number of β-amino-alcohol motifs (C(OH)–C–C–N with tert-alkyl or cyclic N) is 1. The molecule has 1 saturated heterocycles. The van der Waals surface area contributed by atoms with Gasteiger partial charge in [0.15, 0.2) is 11.6 Å². The summed E-state index contributed by atoms with van der Waals surface area (Å²) in [4.78, 5) is 14.3. The quantitative estimate of drug-likeness (QED) is 0.350. The highest BCUT2D eigenvalue weighted by Gasteiger charge is 2.44. The molecule has 0 aromatic heterocycles. The summed E-state index contributed by atoms with van der Waals surface area (Å²) in [5.74, 6) is -3.89. The Hall–Kier alpha value is -3.77. The summed E-state index contributed by atoms with van der Waals surface area (Å²) < 4.78 is 68.2. The van der Waals surface area contributed by atoms with Crippen LogP contribution in [0.5, 0.6) is 0 Å². The molecule has 0 saturated carbocycles. The van der Waals surface area contributed by atoms with Crippen molar-refractivity contribution in [2.75, 3.05) is 41.2 Å². The Balaban J connectivity index is 1.45. The molecule has 4 rings (SSSR count). The number of nitrogens with zero attached hydrogens (tertiary/aromatic N) is 1. The Bertz CT molecular complexity index is 1460. The average molecular weight is 535 g/mol. The van der Waals surface area contributed by atoms with E-state index in [1.165, 1.54) is 17.0 Å². The number of sulfonamides is 1. The Kier molecular flexibility index (Phi) is 7.07. The summed E-state index contributed by atoms with van der Waals surface area (Å²) >= 11 is 0. The highest BCUT2D eigenvalue weighted by molar-refractivity contribution is 7.92. The van der Waals surface area contributed by atoms with Crippen LogP contribution in [0.1, 0.15) is 15.9 Å². The number of anilines is 4. The van der Waals surface area contributed by atoms with Gasteiger partial charge in [-0.15, -0.1) is 0 Å². The summed E-state index contributed by atoms with van der Waals surface area (Å²) in [6, 6.07) is 12.5. The maximum atomic E-state index is 14.7. The third-order valence-corrected chi connectivity index (χ3v) is 6.36. The Morgan fingerprint density at radius 3 is 2.41 bits per heavy atom. The maximum Gasteiger partial charge on any atom is 0.256 e. The average Bonchev–Trinajstić information content (AvgIpc) is 2.79. The van der Waals surface area contributed by atoms with Crippen molar-refractivity contribution in [3.63, 3.8) is 0 Å². The van der Waals surface area contributed by atoms with Crippen LogP contribution in [0.3, 0.4) is 0 Å². The van der Waals surface area contributed by atoms with E-state index in [2.05, 4.69) is 15.4 Å². The number of aryl methyl sites for hydroxylation is 1. The van der Waals surface area contributed by atoms with E-state index in [0.29, 0.717) is 16.9 Å². The molecule has 1 aliphatic heterocycles. The van der Waals surface area contributed by atoms with Gasteiger partial charge in [0.2, 0.25) is 10.0 Å². The zero-order valence-electron chi connectivity index (χ0n) is 20.0. The van der Waals surface area contributed by atoms with E-state index < -0.39 is 44.7 Å². The van der Waals surface area contributed by atoms with Crippen LogP contribution in [0.2, 0.25) is 0 Å². The molecule has 4 N–H and O–H groups in total. The van der Waals surface area contributed by atoms with Crippen LogP contribution >= 0.6 is 0 Å². The summed E-state index contributed by atoms with van der Waals surface area (Å²) in [5, 5.41) is 16.3. The van der Waals surface area contributed by atoms with E-state index in [1.54, 1.807) is 37.3 Å². The lowest BCUT2D eigenvalue weighted by atomic mass is 9.92. The number of rotatable bonds is 8. The van der Waals surface area contributed by atoms with Crippen molar-refractivity contribution in [3.05, 3.63) is 83.2 Å². The maximum absolute atomic E-state index is 14.7. The van der Waals surface area contributed by atoms with Crippen LogP contribution in [0.15, 0.2) is 54.6 Å². The van der Waals surface area contributed by atoms with E-state index in [9.17, 15) is 31.5 Å². The van der Waals surface area contributed by atoms with Crippen LogP contribution < -0.4 is 15.4 Å². The number of hydrogen-bond donors (Lipinski definition) is 4. The molecule has 8 nitrogen and oxygen atoms in total. The lowest BCUT2D eigenvalue weighted by Gasteiger charge is -2.46. The van der Waals surface area contributed by atoms with E-state index in [4.69, 9.17) is 0 Å². The lowest BCUT2D eigenvalue weighted by molar-refractivity contribution is -0.0706. The van der Waals surface area contributed by atoms with Gasteiger partial charge in [-0.05, 0) is 55.0 Å². The molecule has 1 heterocycles. The molecule has 0 spiro atoms. The molecular formula is C25H25F3N4O4S. The summed E-state index contributed by atoms with van der Waals surface area (Å²) in [7, 11) is -3.46. The number of carbonyl (C=O) groups excluding carboxylic acids is 1. The second-order valence-corrected chi connectivity index (χ2v) is 10.8. The number of hydrogen-bond acceptors (Lipinski definition) is 6. The zero-order valence-corrected chi connectivity index (χ0v) is 20.8.